The molecule has 8 nitrogen and oxygen atoms in total. The zero-order valence-corrected chi connectivity index (χ0v) is 22.2. The summed E-state index contributed by atoms with van der Waals surface area (Å²) in [5.41, 5.74) is -1.94. The highest BCUT2D eigenvalue weighted by atomic mass is 16.6. The van der Waals surface area contributed by atoms with E-state index in [1.165, 1.54) is 0 Å². The van der Waals surface area contributed by atoms with Crippen molar-refractivity contribution < 1.29 is 29.0 Å². The molecule has 2 amide bonds. The first-order chi connectivity index (χ1) is 17.2. The fourth-order valence-corrected chi connectivity index (χ4v) is 6.49. The molecule has 3 aliphatic heterocycles. The second-order valence-electron chi connectivity index (χ2n) is 10.7. The normalized spacial score (nSPS) is 32.4. The van der Waals surface area contributed by atoms with Crippen LogP contribution in [0, 0.1) is 17.8 Å². The smallest absolute Gasteiger partial charge is 0.312 e. The Kier molecular flexibility index (Phi) is 9.39. The van der Waals surface area contributed by atoms with Crippen molar-refractivity contribution in [1.82, 2.24) is 9.80 Å². The van der Waals surface area contributed by atoms with Crippen molar-refractivity contribution in [1.29, 1.82) is 0 Å². The molecular formula is C28H44N2O6. The maximum absolute atomic E-state index is 14.1. The Balaban J connectivity index is 2.00. The van der Waals surface area contributed by atoms with Gasteiger partial charge in [0, 0.05) is 26.2 Å². The van der Waals surface area contributed by atoms with Crippen LogP contribution in [-0.4, -0.2) is 82.8 Å². The highest BCUT2D eigenvalue weighted by Gasteiger charge is 2.80. The van der Waals surface area contributed by atoms with Gasteiger partial charge in [-0.3, -0.25) is 14.4 Å². The van der Waals surface area contributed by atoms with E-state index in [2.05, 4.69) is 20.1 Å². The van der Waals surface area contributed by atoms with Crippen LogP contribution in [0.25, 0.3) is 0 Å². The van der Waals surface area contributed by atoms with Crippen LogP contribution in [0.4, 0.5) is 0 Å². The van der Waals surface area contributed by atoms with E-state index < -0.39 is 35.0 Å². The van der Waals surface area contributed by atoms with Crippen LogP contribution in [0.2, 0.25) is 0 Å². The first-order valence-corrected chi connectivity index (χ1v) is 13.5. The largest absolute Gasteiger partial charge is 0.465 e. The van der Waals surface area contributed by atoms with E-state index in [-0.39, 0.29) is 30.9 Å². The lowest BCUT2D eigenvalue weighted by Crippen LogP contribution is -2.56. The van der Waals surface area contributed by atoms with Gasteiger partial charge < -0.3 is 24.4 Å². The Morgan fingerprint density at radius 3 is 2.64 bits per heavy atom. The predicted octanol–water partition coefficient (Wildman–Crippen LogP) is 3.09. The number of fused-ring (bicyclic) bond motifs is 1. The summed E-state index contributed by atoms with van der Waals surface area (Å²) in [4.78, 5) is 45.0. The van der Waals surface area contributed by atoms with Crippen LogP contribution in [0.3, 0.4) is 0 Å². The third-order valence-corrected chi connectivity index (χ3v) is 8.37. The lowest BCUT2D eigenvalue weighted by Gasteiger charge is -2.37. The lowest BCUT2D eigenvalue weighted by atomic mass is 9.62. The van der Waals surface area contributed by atoms with Crippen molar-refractivity contribution in [2.75, 3.05) is 32.8 Å². The second kappa shape index (κ2) is 11.9. The molecule has 202 valence electrons. The molecule has 3 rings (SSSR count). The number of hydrogen-bond acceptors (Lipinski definition) is 6. The Hall–Kier alpha value is -2.19. The quantitative estimate of drug-likeness (QED) is 0.209. The third kappa shape index (κ3) is 4.86. The molecule has 3 aliphatic rings. The molecule has 6 atom stereocenters. The van der Waals surface area contributed by atoms with Crippen molar-refractivity contribution in [3.8, 4) is 0 Å². The number of rotatable bonds is 15. The van der Waals surface area contributed by atoms with E-state index in [0.717, 1.165) is 19.3 Å². The fraction of sp³-hybridized carbons (Fsp3) is 0.750. The van der Waals surface area contributed by atoms with E-state index >= 15 is 0 Å². The molecule has 36 heavy (non-hydrogen) atoms. The van der Waals surface area contributed by atoms with Crippen molar-refractivity contribution in [3.05, 3.63) is 25.3 Å². The number of aliphatic hydroxyl groups is 1. The molecule has 3 heterocycles. The molecule has 8 heteroatoms. The zero-order chi connectivity index (χ0) is 26.5. The van der Waals surface area contributed by atoms with Gasteiger partial charge in [-0.25, -0.2) is 0 Å². The van der Waals surface area contributed by atoms with Gasteiger partial charge in [0.05, 0.1) is 18.1 Å². The van der Waals surface area contributed by atoms with Gasteiger partial charge in [0.25, 0.3) is 0 Å². The Bertz CT molecular complexity index is 846. The topological polar surface area (TPSA) is 96.4 Å². The molecule has 1 spiro atoms. The van der Waals surface area contributed by atoms with Crippen LogP contribution in [0.5, 0.6) is 0 Å². The third-order valence-electron chi connectivity index (χ3n) is 8.37. The Morgan fingerprint density at radius 1 is 1.25 bits per heavy atom. The summed E-state index contributed by atoms with van der Waals surface area (Å²) in [6, 6.07) is -0.795. The molecule has 3 fully saturated rings. The molecule has 2 bridgehead atoms. The molecule has 3 unspecified atom stereocenters. The standard InChI is InChI=1S/C28H44N2O6/c1-6-9-15-29(14-8-3)25(33)23-28-19-20(4)27(5,36-28)22(26(34)35-18-10-7-2)21(28)24(32)30(23)16-12-11-13-17-31/h7-8,20-23,31H,2-3,6,9-19H2,1,4-5H3/t20?,21-,22-,23?,27+,28?/m0/s1. The van der Waals surface area contributed by atoms with Crippen LogP contribution in [0.1, 0.15) is 65.7 Å². The fourth-order valence-electron chi connectivity index (χ4n) is 6.49. The maximum Gasteiger partial charge on any atom is 0.312 e. The molecule has 3 saturated heterocycles. The van der Waals surface area contributed by atoms with Crippen LogP contribution in [-0.2, 0) is 23.9 Å². The minimum Gasteiger partial charge on any atom is -0.465 e. The van der Waals surface area contributed by atoms with Gasteiger partial charge >= 0.3 is 5.97 Å². The summed E-state index contributed by atoms with van der Waals surface area (Å²) < 4.78 is 12.3. The molecular weight excluding hydrogens is 460 g/mol. The maximum atomic E-state index is 14.1. The number of likely N-dealkylation sites (tertiary alicyclic amines) is 1. The van der Waals surface area contributed by atoms with Crippen LogP contribution in [0.15, 0.2) is 25.3 Å². The van der Waals surface area contributed by atoms with Gasteiger partial charge in [-0.2, -0.15) is 0 Å². The SMILES string of the molecule is C=CCCOC(=O)[C@@H]1[C@H]2C(=O)N(CCCCCO)C(C(=O)N(CC=C)CCCC)C23CC(C)[C@@]1(C)O3. The van der Waals surface area contributed by atoms with E-state index in [9.17, 15) is 19.5 Å². The molecule has 0 aliphatic carbocycles. The van der Waals surface area contributed by atoms with Gasteiger partial charge in [0.15, 0.2) is 0 Å². The van der Waals surface area contributed by atoms with Gasteiger partial charge in [-0.1, -0.05) is 32.4 Å². The summed E-state index contributed by atoms with van der Waals surface area (Å²) in [7, 11) is 0. The number of carbonyl (C=O) groups excluding carboxylic acids is 3. The van der Waals surface area contributed by atoms with E-state index in [1.54, 1.807) is 22.0 Å². The number of nitrogens with zero attached hydrogens (tertiary/aromatic N) is 2. The first kappa shape index (κ1) is 28.4. The van der Waals surface area contributed by atoms with Gasteiger partial charge in [-0.15, -0.1) is 13.2 Å². The Labute approximate surface area is 215 Å². The molecule has 0 radical (unpaired) electrons. The Morgan fingerprint density at radius 2 is 2.00 bits per heavy atom. The minimum atomic E-state index is -1.06. The van der Waals surface area contributed by atoms with Crippen LogP contribution >= 0.6 is 0 Å². The highest BCUT2D eigenvalue weighted by molar-refractivity contribution is 5.98. The summed E-state index contributed by atoms with van der Waals surface area (Å²) in [6.45, 7) is 15.1. The van der Waals surface area contributed by atoms with E-state index in [4.69, 9.17) is 9.47 Å². The number of hydrogen-bond donors (Lipinski definition) is 1. The molecule has 0 aromatic rings. The van der Waals surface area contributed by atoms with Gasteiger partial charge in [0.2, 0.25) is 11.8 Å². The minimum absolute atomic E-state index is 0.0216. The van der Waals surface area contributed by atoms with E-state index in [0.29, 0.717) is 45.3 Å². The predicted molar refractivity (Wildman–Crippen MR) is 137 cm³/mol. The number of aliphatic hydroxyl groups excluding tert-OH is 1. The van der Waals surface area contributed by atoms with Crippen molar-refractivity contribution in [3.63, 3.8) is 0 Å². The number of carbonyl (C=O) groups is 3. The highest BCUT2D eigenvalue weighted by Crippen LogP contribution is 2.65. The van der Waals surface area contributed by atoms with Gasteiger partial charge in [-0.05, 0) is 51.4 Å². The number of esters is 1. The summed E-state index contributed by atoms with van der Waals surface area (Å²) in [5.74, 6) is -2.32. The zero-order valence-electron chi connectivity index (χ0n) is 22.2. The summed E-state index contributed by atoms with van der Waals surface area (Å²) >= 11 is 0. The summed E-state index contributed by atoms with van der Waals surface area (Å²) in [6.07, 6.45) is 8.29. The molecule has 0 aromatic heterocycles. The molecule has 1 N–H and O–H groups in total. The lowest BCUT2D eigenvalue weighted by molar-refractivity contribution is -0.162. The van der Waals surface area contributed by atoms with Crippen molar-refractivity contribution in [2.24, 2.45) is 17.8 Å². The van der Waals surface area contributed by atoms with Gasteiger partial charge in [0.1, 0.15) is 17.6 Å². The van der Waals surface area contributed by atoms with Crippen molar-refractivity contribution >= 4 is 17.8 Å². The number of ether oxygens (including phenoxy) is 2. The average molecular weight is 505 g/mol. The van der Waals surface area contributed by atoms with E-state index in [1.807, 2.05) is 13.8 Å². The number of unbranched alkanes of at least 4 members (excludes halogenated alkanes) is 3. The second-order valence-corrected chi connectivity index (χ2v) is 10.7. The number of amides is 2. The summed E-state index contributed by atoms with van der Waals surface area (Å²) in [5, 5.41) is 9.19. The van der Waals surface area contributed by atoms with Crippen molar-refractivity contribution in [2.45, 2.75) is 83.0 Å². The van der Waals surface area contributed by atoms with Crippen LogP contribution < -0.4 is 0 Å². The monoisotopic (exact) mass is 504 g/mol. The molecule has 0 saturated carbocycles. The molecule has 0 aromatic carbocycles. The first-order valence-electron chi connectivity index (χ1n) is 13.5. The average Bonchev–Trinajstić information content (AvgIpc) is 3.36.